The minimum Gasteiger partial charge on any atom is -0.493 e. The molecule has 0 atom stereocenters. The van der Waals surface area contributed by atoms with Gasteiger partial charge in [-0.1, -0.05) is 19.8 Å². The van der Waals surface area contributed by atoms with E-state index in [9.17, 15) is 4.79 Å². The van der Waals surface area contributed by atoms with Gasteiger partial charge in [-0.2, -0.15) is 4.57 Å². The number of ether oxygens (including phenoxy) is 4. The molecule has 0 amide bonds. The SMILES string of the molecule is CCCCCC(=O)Oc1c(OC)ccc2cc3[n+](cc12)CCc1cc2c(cc1-3)OCO2. The quantitative estimate of drug-likeness (QED) is 0.253. The molecule has 0 fully saturated rings. The Balaban J connectivity index is 1.57. The van der Waals surface area contributed by atoms with Gasteiger partial charge in [-0.3, -0.25) is 4.79 Å². The van der Waals surface area contributed by atoms with E-state index in [0.717, 1.165) is 65.8 Å². The number of carbonyl (C=O) groups is 1. The molecule has 0 saturated carbocycles. The van der Waals surface area contributed by atoms with E-state index in [1.807, 2.05) is 12.1 Å². The number of methoxy groups -OCH3 is 1. The summed E-state index contributed by atoms with van der Waals surface area (Å²) in [5.74, 6) is 2.43. The fraction of sp³-hybridized carbons (Fsp3) is 0.360. The molecule has 0 aliphatic carbocycles. The van der Waals surface area contributed by atoms with Crippen LogP contribution in [0.5, 0.6) is 23.0 Å². The summed E-state index contributed by atoms with van der Waals surface area (Å²) in [4.78, 5) is 12.4. The minimum atomic E-state index is -0.222. The molecule has 160 valence electrons. The molecule has 6 nitrogen and oxygen atoms in total. The zero-order valence-electron chi connectivity index (χ0n) is 17.9. The second-order valence-corrected chi connectivity index (χ2v) is 8.00. The Morgan fingerprint density at radius 1 is 1.13 bits per heavy atom. The molecule has 3 aromatic rings. The maximum atomic E-state index is 12.4. The highest BCUT2D eigenvalue weighted by molar-refractivity contribution is 5.93. The van der Waals surface area contributed by atoms with Gasteiger partial charge in [0, 0.05) is 18.9 Å². The summed E-state index contributed by atoms with van der Waals surface area (Å²) in [5.41, 5.74) is 3.50. The first kappa shape index (κ1) is 19.7. The number of fused-ring (bicyclic) bond motifs is 5. The van der Waals surface area contributed by atoms with E-state index in [0.29, 0.717) is 17.9 Å². The Bertz CT molecular complexity index is 1170. The molecule has 31 heavy (non-hydrogen) atoms. The van der Waals surface area contributed by atoms with Crippen LogP contribution in [-0.4, -0.2) is 19.9 Å². The first-order valence-electron chi connectivity index (χ1n) is 10.9. The van der Waals surface area contributed by atoms with Crippen LogP contribution in [0.25, 0.3) is 22.0 Å². The molecule has 2 aromatic carbocycles. The van der Waals surface area contributed by atoms with Gasteiger partial charge in [0.05, 0.1) is 18.1 Å². The summed E-state index contributed by atoms with van der Waals surface area (Å²) < 4.78 is 24.7. The average Bonchev–Trinajstić information content (AvgIpc) is 3.24. The lowest BCUT2D eigenvalue weighted by molar-refractivity contribution is -0.686. The third-order valence-corrected chi connectivity index (χ3v) is 6.00. The Hall–Kier alpha value is -3.28. The molecule has 6 heteroatoms. The third kappa shape index (κ3) is 3.56. The van der Waals surface area contributed by atoms with Crippen LogP contribution in [-0.2, 0) is 17.8 Å². The van der Waals surface area contributed by atoms with Crippen molar-refractivity contribution in [3.8, 4) is 34.3 Å². The Morgan fingerprint density at radius 2 is 1.97 bits per heavy atom. The van der Waals surface area contributed by atoms with Gasteiger partial charge in [-0.15, -0.1) is 0 Å². The maximum absolute atomic E-state index is 12.4. The Labute approximate surface area is 181 Å². The lowest BCUT2D eigenvalue weighted by Gasteiger charge is -2.17. The van der Waals surface area contributed by atoms with Gasteiger partial charge in [0.2, 0.25) is 12.5 Å². The number of aromatic nitrogens is 1. The topological polar surface area (TPSA) is 57.9 Å². The highest BCUT2D eigenvalue weighted by Crippen LogP contribution is 2.41. The van der Waals surface area contributed by atoms with Crippen LogP contribution in [0.3, 0.4) is 0 Å². The molecular weight excluding hydrogens is 394 g/mol. The monoisotopic (exact) mass is 420 g/mol. The highest BCUT2D eigenvalue weighted by Gasteiger charge is 2.29. The van der Waals surface area contributed by atoms with Crippen LogP contribution in [0.2, 0.25) is 0 Å². The Kier molecular flexibility index (Phi) is 5.14. The van der Waals surface area contributed by atoms with Crippen LogP contribution < -0.4 is 23.5 Å². The molecule has 0 radical (unpaired) electrons. The number of nitrogens with zero attached hydrogens (tertiary/aromatic N) is 1. The summed E-state index contributed by atoms with van der Waals surface area (Å²) in [7, 11) is 1.60. The van der Waals surface area contributed by atoms with E-state index in [1.54, 1.807) is 7.11 Å². The van der Waals surface area contributed by atoms with Crippen molar-refractivity contribution in [3.63, 3.8) is 0 Å². The predicted octanol–water partition coefficient (Wildman–Crippen LogP) is 4.57. The van der Waals surface area contributed by atoms with Crippen molar-refractivity contribution in [2.24, 2.45) is 0 Å². The molecule has 0 saturated heterocycles. The zero-order valence-corrected chi connectivity index (χ0v) is 17.9. The van der Waals surface area contributed by atoms with Gasteiger partial charge >= 0.3 is 5.97 Å². The van der Waals surface area contributed by atoms with Crippen LogP contribution >= 0.6 is 0 Å². The molecule has 2 aliphatic rings. The standard InChI is InChI=1S/C25H26NO5/c1-3-4-5-6-24(27)31-25-19-14-26-10-9-17-12-22-23(30-15-29-22)13-18(17)20(26)11-16(19)7-8-21(25)28-2/h7-8,11-14H,3-6,9-10,15H2,1-2H3/q+1. The van der Waals surface area contributed by atoms with Crippen molar-refractivity contribution < 1.29 is 28.3 Å². The summed E-state index contributed by atoms with van der Waals surface area (Å²) in [6.45, 7) is 3.22. The van der Waals surface area contributed by atoms with Gasteiger partial charge in [-0.25, -0.2) is 0 Å². The fourth-order valence-electron chi connectivity index (χ4n) is 4.35. The number of benzene rings is 2. The molecule has 0 N–H and O–H groups in total. The van der Waals surface area contributed by atoms with E-state index in [2.05, 4.69) is 35.9 Å². The van der Waals surface area contributed by atoms with Crippen LogP contribution in [0.15, 0.2) is 36.5 Å². The minimum absolute atomic E-state index is 0.222. The van der Waals surface area contributed by atoms with E-state index in [-0.39, 0.29) is 12.8 Å². The van der Waals surface area contributed by atoms with E-state index in [1.165, 1.54) is 5.56 Å². The molecule has 0 unspecified atom stereocenters. The van der Waals surface area contributed by atoms with Crippen LogP contribution in [0.4, 0.5) is 0 Å². The largest absolute Gasteiger partial charge is 0.493 e. The molecule has 0 spiro atoms. The maximum Gasteiger partial charge on any atom is 0.311 e. The number of aryl methyl sites for hydroxylation is 2. The second kappa shape index (κ2) is 8.10. The summed E-state index contributed by atoms with van der Waals surface area (Å²) in [6, 6.07) is 10.2. The predicted molar refractivity (Wildman–Crippen MR) is 116 cm³/mol. The van der Waals surface area contributed by atoms with E-state index in [4.69, 9.17) is 18.9 Å². The summed E-state index contributed by atoms with van der Waals surface area (Å²) in [6.07, 6.45) is 6.28. The first-order chi connectivity index (χ1) is 15.2. The van der Waals surface area contributed by atoms with Crippen molar-refractivity contribution in [1.82, 2.24) is 0 Å². The van der Waals surface area contributed by atoms with Crippen molar-refractivity contribution in [3.05, 3.63) is 42.1 Å². The van der Waals surface area contributed by atoms with Crippen molar-refractivity contribution >= 4 is 16.7 Å². The number of unbranched alkanes of at least 4 members (excludes halogenated alkanes) is 2. The summed E-state index contributed by atoms with van der Waals surface area (Å²) >= 11 is 0. The van der Waals surface area contributed by atoms with Gasteiger partial charge in [0.15, 0.2) is 35.7 Å². The van der Waals surface area contributed by atoms with Gasteiger partial charge < -0.3 is 18.9 Å². The number of rotatable bonds is 6. The van der Waals surface area contributed by atoms with Crippen LogP contribution in [0.1, 0.15) is 38.2 Å². The molecule has 1 aromatic heterocycles. The molecular formula is C25H26NO5+. The third-order valence-electron chi connectivity index (χ3n) is 6.00. The number of hydrogen-bond acceptors (Lipinski definition) is 5. The lowest BCUT2D eigenvalue weighted by Crippen LogP contribution is -2.40. The smallest absolute Gasteiger partial charge is 0.311 e. The molecule has 2 aliphatic heterocycles. The van der Waals surface area contributed by atoms with Crippen molar-refractivity contribution in [2.75, 3.05) is 13.9 Å². The number of carbonyl (C=O) groups excluding carboxylic acids is 1. The molecule has 3 heterocycles. The van der Waals surface area contributed by atoms with Crippen molar-refractivity contribution in [1.29, 1.82) is 0 Å². The van der Waals surface area contributed by atoms with Gasteiger partial charge in [-0.05, 0) is 41.6 Å². The van der Waals surface area contributed by atoms with Gasteiger partial charge in [0.1, 0.15) is 0 Å². The zero-order chi connectivity index (χ0) is 21.4. The van der Waals surface area contributed by atoms with E-state index >= 15 is 0 Å². The lowest BCUT2D eigenvalue weighted by atomic mass is 9.95. The molecule has 0 bridgehead atoms. The van der Waals surface area contributed by atoms with Gasteiger partial charge in [0.25, 0.3) is 0 Å². The number of pyridine rings is 1. The fourth-order valence-corrected chi connectivity index (χ4v) is 4.35. The number of esters is 1. The van der Waals surface area contributed by atoms with Crippen molar-refractivity contribution in [2.45, 2.75) is 45.6 Å². The Morgan fingerprint density at radius 3 is 2.77 bits per heavy atom. The first-order valence-corrected chi connectivity index (χ1v) is 10.9. The molecule has 5 rings (SSSR count). The van der Waals surface area contributed by atoms with E-state index < -0.39 is 0 Å². The average molecular weight is 420 g/mol. The normalized spacial score (nSPS) is 13.6. The van der Waals surface area contributed by atoms with Crippen LogP contribution in [0, 0.1) is 0 Å². The number of hydrogen-bond donors (Lipinski definition) is 0. The summed E-state index contributed by atoms with van der Waals surface area (Å²) in [5, 5.41) is 1.87. The second-order valence-electron chi connectivity index (χ2n) is 8.00. The highest BCUT2D eigenvalue weighted by atomic mass is 16.7.